The Labute approximate surface area is 108 Å². The molecule has 0 saturated heterocycles. The van der Waals surface area contributed by atoms with Crippen LogP contribution in [0, 0.1) is 13.8 Å². The van der Waals surface area contributed by atoms with Gasteiger partial charge < -0.3 is 5.32 Å². The van der Waals surface area contributed by atoms with Crippen molar-refractivity contribution < 1.29 is 0 Å². The summed E-state index contributed by atoms with van der Waals surface area (Å²) >= 11 is 1.82. The van der Waals surface area contributed by atoms with E-state index in [9.17, 15) is 0 Å². The smallest absolute Gasteiger partial charge is 0.0374 e. The van der Waals surface area contributed by atoms with Gasteiger partial charge in [-0.1, -0.05) is 25.1 Å². The predicted molar refractivity (Wildman–Crippen MR) is 76.6 cm³/mol. The van der Waals surface area contributed by atoms with Crippen LogP contribution >= 0.6 is 11.3 Å². The number of hydrogen-bond acceptors (Lipinski definition) is 2. The van der Waals surface area contributed by atoms with E-state index in [0.29, 0.717) is 0 Å². The van der Waals surface area contributed by atoms with Crippen LogP contribution in [0.5, 0.6) is 0 Å². The topological polar surface area (TPSA) is 12.0 Å². The molecule has 1 nitrogen and oxygen atoms in total. The van der Waals surface area contributed by atoms with E-state index < -0.39 is 0 Å². The van der Waals surface area contributed by atoms with Crippen LogP contribution in [0.25, 0.3) is 10.4 Å². The van der Waals surface area contributed by atoms with Crippen molar-refractivity contribution in [3.8, 4) is 10.4 Å². The molecule has 1 N–H and O–H groups in total. The Bertz CT molecular complexity index is 499. The fourth-order valence-corrected chi connectivity index (χ4v) is 3.03. The molecule has 17 heavy (non-hydrogen) atoms. The quantitative estimate of drug-likeness (QED) is 0.853. The summed E-state index contributed by atoms with van der Waals surface area (Å²) in [6.45, 7) is 8.49. The van der Waals surface area contributed by atoms with Gasteiger partial charge in [-0.15, -0.1) is 11.3 Å². The van der Waals surface area contributed by atoms with E-state index in [1.54, 1.807) is 0 Å². The van der Waals surface area contributed by atoms with Crippen molar-refractivity contribution in [1.29, 1.82) is 0 Å². The highest BCUT2D eigenvalue weighted by molar-refractivity contribution is 7.13. The molecular formula is C15H19NS. The van der Waals surface area contributed by atoms with Gasteiger partial charge in [0.2, 0.25) is 0 Å². The molecule has 0 saturated carbocycles. The predicted octanol–water partition coefficient (Wildman–Crippen LogP) is 4.14. The number of thiophene rings is 1. The lowest BCUT2D eigenvalue weighted by molar-refractivity contribution is 0.726. The number of nitrogens with one attached hydrogen (secondary N) is 1. The zero-order valence-electron chi connectivity index (χ0n) is 10.7. The van der Waals surface area contributed by atoms with Gasteiger partial charge in [-0.3, -0.25) is 0 Å². The molecule has 0 atom stereocenters. The summed E-state index contributed by atoms with van der Waals surface area (Å²) in [5, 5.41) is 5.52. The molecule has 1 aromatic heterocycles. The summed E-state index contributed by atoms with van der Waals surface area (Å²) in [4.78, 5) is 1.40. The highest BCUT2D eigenvalue weighted by atomic mass is 32.1. The van der Waals surface area contributed by atoms with Gasteiger partial charge in [0.15, 0.2) is 0 Å². The van der Waals surface area contributed by atoms with Crippen LogP contribution in [0.3, 0.4) is 0 Å². The maximum atomic E-state index is 3.36. The first-order chi connectivity index (χ1) is 8.22. The molecule has 0 aliphatic heterocycles. The van der Waals surface area contributed by atoms with Gasteiger partial charge in [0.25, 0.3) is 0 Å². The summed E-state index contributed by atoms with van der Waals surface area (Å²) in [7, 11) is 0. The van der Waals surface area contributed by atoms with Crippen molar-refractivity contribution in [2.45, 2.75) is 27.3 Å². The third-order valence-electron chi connectivity index (χ3n) is 2.98. The Kier molecular flexibility index (Phi) is 3.97. The maximum absolute atomic E-state index is 3.36. The van der Waals surface area contributed by atoms with E-state index in [2.05, 4.69) is 55.7 Å². The minimum absolute atomic E-state index is 0.959. The van der Waals surface area contributed by atoms with Gasteiger partial charge in [0.05, 0.1) is 0 Å². The molecule has 0 spiro atoms. The summed E-state index contributed by atoms with van der Waals surface area (Å²) in [5.41, 5.74) is 5.48. The second kappa shape index (κ2) is 5.48. The fraction of sp³-hybridized carbons (Fsp3) is 0.333. The summed E-state index contributed by atoms with van der Waals surface area (Å²) < 4.78 is 0. The Morgan fingerprint density at radius 2 is 1.94 bits per heavy atom. The average molecular weight is 245 g/mol. The lowest BCUT2D eigenvalue weighted by Gasteiger charge is -2.08. The van der Waals surface area contributed by atoms with Crippen LogP contribution in [0.1, 0.15) is 23.6 Å². The van der Waals surface area contributed by atoms with Gasteiger partial charge in [0, 0.05) is 11.4 Å². The van der Waals surface area contributed by atoms with Crippen LogP contribution < -0.4 is 5.32 Å². The fourth-order valence-electron chi connectivity index (χ4n) is 2.01. The van der Waals surface area contributed by atoms with E-state index in [4.69, 9.17) is 0 Å². The molecule has 0 radical (unpaired) electrons. The highest BCUT2D eigenvalue weighted by Crippen LogP contribution is 2.31. The summed E-state index contributed by atoms with van der Waals surface area (Å²) in [6.07, 6.45) is 0. The van der Waals surface area contributed by atoms with Gasteiger partial charge >= 0.3 is 0 Å². The van der Waals surface area contributed by atoms with Crippen LogP contribution in [-0.4, -0.2) is 6.54 Å². The van der Waals surface area contributed by atoms with Crippen LogP contribution in [0.4, 0.5) is 0 Å². The van der Waals surface area contributed by atoms with Crippen LogP contribution in [-0.2, 0) is 6.54 Å². The van der Waals surface area contributed by atoms with Gasteiger partial charge in [-0.2, -0.15) is 0 Å². The SMILES string of the molecule is CCNCc1ccc(-c2sccc2C)c(C)c1. The molecule has 0 aliphatic rings. The monoisotopic (exact) mass is 245 g/mol. The second-order valence-electron chi connectivity index (χ2n) is 4.36. The summed E-state index contributed by atoms with van der Waals surface area (Å²) in [6, 6.07) is 8.95. The molecule has 1 aromatic carbocycles. The normalized spacial score (nSPS) is 10.8. The van der Waals surface area contributed by atoms with Crippen molar-refractivity contribution in [3.63, 3.8) is 0 Å². The average Bonchev–Trinajstić information content (AvgIpc) is 2.73. The van der Waals surface area contributed by atoms with Crippen molar-refractivity contribution in [1.82, 2.24) is 5.32 Å². The van der Waals surface area contributed by atoms with Gasteiger partial charge in [-0.05, 0) is 54.1 Å². The molecule has 0 unspecified atom stereocenters. The lowest BCUT2D eigenvalue weighted by Crippen LogP contribution is -2.11. The first kappa shape index (κ1) is 12.3. The third kappa shape index (κ3) is 2.76. The minimum atomic E-state index is 0.959. The number of rotatable bonds is 4. The molecule has 0 bridgehead atoms. The Morgan fingerprint density at radius 3 is 2.53 bits per heavy atom. The molecular weight excluding hydrogens is 226 g/mol. The first-order valence-electron chi connectivity index (χ1n) is 6.07. The van der Waals surface area contributed by atoms with Crippen molar-refractivity contribution >= 4 is 11.3 Å². The van der Waals surface area contributed by atoms with E-state index in [1.807, 2.05) is 11.3 Å². The molecule has 90 valence electrons. The lowest BCUT2D eigenvalue weighted by atomic mass is 10.0. The zero-order chi connectivity index (χ0) is 12.3. The molecule has 0 aliphatic carbocycles. The van der Waals surface area contributed by atoms with E-state index in [0.717, 1.165) is 13.1 Å². The molecule has 0 amide bonds. The highest BCUT2D eigenvalue weighted by Gasteiger charge is 2.06. The molecule has 0 fully saturated rings. The molecule has 2 heteroatoms. The van der Waals surface area contributed by atoms with Crippen LogP contribution in [0.2, 0.25) is 0 Å². The number of benzene rings is 1. The molecule has 2 rings (SSSR count). The van der Waals surface area contributed by atoms with Crippen molar-refractivity contribution in [2.24, 2.45) is 0 Å². The van der Waals surface area contributed by atoms with Crippen molar-refractivity contribution in [2.75, 3.05) is 6.54 Å². The summed E-state index contributed by atoms with van der Waals surface area (Å²) in [5.74, 6) is 0. The first-order valence-corrected chi connectivity index (χ1v) is 6.95. The Hall–Kier alpha value is -1.12. The van der Waals surface area contributed by atoms with Crippen LogP contribution in [0.15, 0.2) is 29.6 Å². The minimum Gasteiger partial charge on any atom is -0.313 e. The van der Waals surface area contributed by atoms with E-state index in [1.165, 1.54) is 27.1 Å². The molecule has 2 aromatic rings. The van der Waals surface area contributed by atoms with Gasteiger partial charge in [-0.25, -0.2) is 0 Å². The third-order valence-corrected chi connectivity index (χ3v) is 4.03. The zero-order valence-corrected chi connectivity index (χ0v) is 11.5. The Morgan fingerprint density at radius 1 is 1.12 bits per heavy atom. The maximum Gasteiger partial charge on any atom is 0.0374 e. The van der Waals surface area contributed by atoms with E-state index in [-0.39, 0.29) is 0 Å². The molecule has 1 heterocycles. The number of hydrogen-bond donors (Lipinski definition) is 1. The van der Waals surface area contributed by atoms with Gasteiger partial charge in [0.1, 0.15) is 0 Å². The Balaban J connectivity index is 2.29. The largest absolute Gasteiger partial charge is 0.313 e. The van der Waals surface area contributed by atoms with Crippen molar-refractivity contribution in [3.05, 3.63) is 46.3 Å². The van der Waals surface area contributed by atoms with E-state index >= 15 is 0 Å². The second-order valence-corrected chi connectivity index (χ2v) is 5.28. The number of aryl methyl sites for hydroxylation is 2. The standard InChI is InChI=1S/C15H19NS/c1-4-16-10-13-5-6-14(12(3)9-13)15-11(2)7-8-17-15/h5-9,16H,4,10H2,1-3H3.